The first kappa shape index (κ1) is 35.5. The zero-order chi connectivity index (χ0) is 36.7. The molecule has 11 nitrogen and oxygen atoms in total. The number of nitrogens with zero attached hydrogens (tertiary/aromatic N) is 5. The number of aromatic nitrogens is 3. The lowest BCUT2D eigenvalue weighted by atomic mass is 10.1. The summed E-state index contributed by atoms with van der Waals surface area (Å²) in [7, 11) is 3.71. The first-order chi connectivity index (χ1) is 25.9. The summed E-state index contributed by atoms with van der Waals surface area (Å²) in [5.74, 6) is -0.0838. The number of nitrogens with one attached hydrogen (secondary N) is 1. The Morgan fingerprint density at radius 1 is 0.849 bits per heavy atom. The Bertz CT molecular complexity index is 2290. The summed E-state index contributed by atoms with van der Waals surface area (Å²) in [5, 5.41) is 3.24. The Kier molecular flexibility index (Phi) is 10.9. The Balaban J connectivity index is 1.04. The first-order valence-corrected chi connectivity index (χ1v) is 17.7. The Hall–Kier alpha value is -5.85. The van der Waals surface area contributed by atoms with Crippen molar-refractivity contribution in [3.8, 4) is 23.0 Å². The molecule has 3 heterocycles. The maximum absolute atomic E-state index is 15.5. The minimum absolute atomic E-state index is 0.0641. The second-order valence-electron chi connectivity index (χ2n) is 13.0. The molecule has 1 amide bonds. The molecular formula is C41H41FN6O5. The van der Waals surface area contributed by atoms with E-state index in [0.717, 1.165) is 50.8 Å². The molecule has 1 aliphatic heterocycles. The highest BCUT2D eigenvalue weighted by Gasteiger charge is 2.20. The number of aryl methyl sites for hydroxylation is 2. The molecule has 0 atom stereocenters. The number of methoxy groups -OCH3 is 1. The average Bonchev–Trinajstić information content (AvgIpc) is 3.17. The quantitative estimate of drug-likeness (QED) is 0.136. The summed E-state index contributed by atoms with van der Waals surface area (Å²) in [6, 6.07) is 26.2. The van der Waals surface area contributed by atoms with E-state index >= 15 is 4.39 Å². The second-order valence-corrected chi connectivity index (χ2v) is 13.0. The minimum atomic E-state index is -0.744. The van der Waals surface area contributed by atoms with Crippen LogP contribution >= 0.6 is 0 Å². The number of halogens is 1. The molecule has 1 N–H and O–H groups in total. The van der Waals surface area contributed by atoms with Gasteiger partial charge >= 0.3 is 0 Å². The van der Waals surface area contributed by atoms with Gasteiger partial charge in [-0.2, -0.15) is 0 Å². The molecule has 12 heteroatoms. The van der Waals surface area contributed by atoms with Gasteiger partial charge in [-0.3, -0.25) is 14.6 Å². The number of anilines is 1. The van der Waals surface area contributed by atoms with Gasteiger partial charge in [0.15, 0.2) is 28.8 Å². The molecule has 0 radical (unpaired) electrons. The fraction of sp³-hybridized carbons (Fsp3) is 0.268. The number of carbonyl (C=O) groups excluding carboxylic acids is 1. The molecule has 0 aliphatic carbocycles. The third-order valence-corrected chi connectivity index (χ3v) is 9.40. The molecule has 272 valence electrons. The molecule has 0 saturated carbocycles. The van der Waals surface area contributed by atoms with Crippen molar-refractivity contribution in [1.29, 1.82) is 0 Å². The smallest absolute Gasteiger partial charge is 0.282 e. The summed E-state index contributed by atoms with van der Waals surface area (Å²) < 4.78 is 34.8. The summed E-state index contributed by atoms with van der Waals surface area (Å²) in [6.07, 6.45) is 3.05. The van der Waals surface area contributed by atoms with Gasteiger partial charge in [0.1, 0.15) is 5.75 Å². The molecule has 53 heavy (non-hydrogen) atoms. The number of hydrogen-bond acceptors (Lipinski definition) is 9. The Labute approximate surface area is 306 Å². The van der Waals surface area contributed by atoms with Gasteiger partial charge < -0.3 is 33.9 Å². The number of carbonyl (C=O) groups is 1. The van der Waals surface area contributed by atoms with Gasteiger partial charge in [0, 0.05) is 68.7 Å². The van der Waals surface area contributed by atoms with Crippen molar-refractivity contribution in [2.45, 2.75) is 19.4 Å². The number of amides is 1. The van der Waals surface area contributed by atoms with E-state index in [1.165, 1.54) is 12.1 Å². The Morgan fingerprint density at radius 3 is 2.43 bits per heavy atom. The van der Waals surface area contributed by atoms with Gasteiger partial charge in [0.25, 0.3) is 11.5 Å². The van der Waals surface area contributed by atoms with Crippen molar-refractivity contribution in [2.75, 3.05) is 58.8 Å². The number of para-hydroxylation sites is 2. The molecule has 1 fully saturated rings. The van der Waals surface area contributed by atoms with Crippen LogP contribution in [0.5, 0.6) is 23.0 Å². The lowest BCUT2D eigenvalue weighted by Gasteiger charge is -2.32. The maximum atomic E-state index is 15.5. The van der Waals surface area contributed by atoms with Gasteiger partial charge in [0.05, 0.1) is 30.3 Å². The van der Waals surface area contributed by atoms with Crippen LogP contribution in [0.15, 0.2) is 102 Å². The Morgan fingerprint density at radius 2 is 1.64 bits per heavy atom. The van der Waals surface area contributed by atoms with Crippen LogP contribution in [-0.4, -0.2) is 83.7 Å². The number of hydrogen-bond donors (Lipinski definition) is 1. The molecule has 1 saturated heterocycles. The first-order valence-electron chi connectivity index (χ1n) is 17.7. The number of piperazine rings is 1. The van der Waals surface area contributed by atoms with E-state index in [-0.39, 0.29) is 17.1 Å². The summed E-state index contributed by atoms with van der Waals surface area (Å²) in [6.45, 7) is 6.10. The van der Waals surface area contributed by atoms with Crippen LogP contribution in [0.1, 0.15) is 22.5 Å². The van der Waals surface area contributed by atoms with E-state index < -0.39 is 17.3 Å². The molecule has 0 unspecified atom stereocenters. The number of likely N-dealkylation sites (N-methyl/N-ethyl adjacent to an activating group) is 1. The van der Waals surface area contributed by atoms with Crippen LogP contribution in [0.4, 0.5) is 10.1 Å². The number of ether oxygens (including phenoxy) is 3. The lowest BCUT2D eigenvalue weighted by Crippen LogP contribution is -2.44. The molecule has 0 spiro atoms. The highest BCUT2D eigenvalue weighted by molar-refractivity contribution is 6.03. The number of fused-ring (bicyclic) bond motifs is 2. The van der Waals surface area contributed by atoms with Crippen LogP contribution in [0.25, 0.3) is 21.9 Å². The standard InChI is InChI=1S/C41H41FN6O5/c1-46-20-22-47(23-21-46)18-8-24-52-38-27-33-30(26-37(38)51-2)35(15-17-43-33)53-36-14-13-29(25-31(36)42)44-40(49)39-41(50)48(19-16-28-9-4-3-5-10-28)34-12-7-6-11-32(34)45-39/h3-7,9-15,17,25-27H,8,16,18-24H2,1-2H3,(H,44,49). The van der Waals surface area contributed by atoms with Crippen LogP contribution in [0, 0.1) is 5.82 Å². The summed E-state index contributed by atoms with van der Waals surface area (Å²) >= 11 is 0. The molecule has 2 aromatic heterocycles. The van der Waals surface area contributed by atoms with Crippen molar-refractivity contribution in [3.05, 3.63) is 125 Å². The van der Waals surface area contributed by atoms with Crippen LogP contribution in [0.2, 0.25) is 0 Å². The maximum Gasteiger partial charge on any atom is 0.282 e. The van der Waals surface area contributed by atoms with E-state index in [2.05, 4.69) is 32.1 Å². The summed E-state index contributed by atoms with van der Waals surface area (Å²) in [5.41, 5.74) is 2.11. The van der Waals surface area contributed by atoms with E-state index in [1.54, 1.807) is 54.3 Å². The van der Waals surface area contributed by atoms with Crippen molar-refractivity contribution < 1.29 is 23.4 Å². The van der Waals surface area contributed by atoms with Crippen molar-refractivity contribution in [1.82, 2.24) is 24.3 Å². The van der Waals surface area contributed by atoms with Crippen molar-refractivity contribution in [3.63, 3.8) is 0 Å². The normalized spacial score (nSPS) is 13.6. The molecule has 6 aromatic rings. The molecule has 1 aliphatic rings. The monoisotopic (exact) mass is 716 g/mol. The number of rotatable bonds is 13. The summed E-state index contributed by atoms with van der Waals surface area (Å²) in [4.78, 5) is 40.7. The third-order valence-electron chi connectivity index (χ3n) is 9.40. The molecule has 7 rings (SSSR count). The van der Waals surface area contributed by atoms with Gasteiger partial charge in [-0.15, -0.1) is 0 Å². The highest BCUT2D eigenvalue weighted by Crippen LogP contribution is 2.38. The molecule has 4 aromatic carbocycles. The zero-order valence-corrected chi connectivity index (χ0v) is 29.8. The van der Waals surface area contributed by atoms with Crippen LogP contribution in [0.3, 0.4) is 0 Å². The highest BCUT2D eigenvalue weighted by atomic mass is 19.1. The third kappa shape index (κ3) is 8.29. The van der Waals surface area contributed by atoms with E-state index in [0.29, 0.717) is 58.8 Å². The predicted octanol–water partition coefficient (Wildman–Crippen LogP) is 6.40. The van der Waals surface area contributed by atoms with E-state index in [1.807, 2.05) is 36.4 Å². The topological polar surface area (TPSA) is 111 Å². The lowest BCUT2D eigenvalue weighted by molar-refractivity contribution is 0.102. The largest absolute Gasteiger partial charge is 0.493 e. The average molecular weight is 717 g/mol. The van der Waals surface area contributed by atoms with Gasteiger partial charge in [-0.25, -0.2) is 9.37 Å². The number of benzene rings is 4. The fourth-order valence-electron chi connectivity index (χ4n) is 6.45. The van der Waals surface area contributed by atoms with Gasteiger partial charge in [-0.1, -0.05) is 42.5 Å². The van der Waals surface area contributed by atoms with E-state index in [9.17, 15) is 9.59 Å². The fourth-order valence-corrected chi connectivity index (χ4v) is 6.45. The molecule has 0 bridgehead atoms. The van der Waals surface area contributed by atoms with Gasteiger partial charge in [0.2, 0.25) is 0 Å². The minimum Gasteiger partial charge on any atom is -0.493 e. The molecular weight excluding hydrogens is 675 g/mol. The van der Waals surface area contributed by atoms with Crippen LogP contribution in [-0.2, 0) is 13.0 Å². The zero-order valence-electron chi connectivity index (χ0n) is 29.8. The van der Waals surface area contributed by atoms with Crippen LogP contribution < -0.4 is 25.1 Å². The second kappa shape index (κ2) is 16.2. The number of pyridine rings is 1. The van der Waals surface area contributed by atoms with Gasteiger partial charge in [-0.05, 0) is 61.9 Å². The van der Waals surface area contributed by atoms with E-state index in [4.69, 9.17) is 14.2 Å². The van der Waals surface area contributed by atoms with Crippen molar-refractivity contribution in [2.24, 2.45) is 0 Å². The SMILES string of the molecule is COc1cc2c(Oc3ccc(NC(=O)c4nc5ccccc5n(CCc5ccccc5)c4=O)cc3F)ccnc2cc1OCCCN1CCN(C)CC1. The van der Waals surface area contributed by atoms with Crippen molar-refractivity contribution >= 4 is 33.5 Å². The predicted molar refractivity (Wildman–Crippen MR) is 203 cm³/mol.